The molecule has 0 bridgehead atoms. The molecule has 2 aromatic carbocycles. The molecule has 0 atom stereocenters. The summed E-state index contributed by atoms with van der Waals surface area (Å²) in [7, 11) is 3.24. The Hall–Kier alpha value is -3.15. The molecule has 0 aliphatic heterocycles. The molecular weight excluding hydrogens is 316 g/mol. The first-order chi connectivity index (χ1) is 12.2. The van der Waals surface area contributed by atoms with Crippen molar-refractivity contribution < 1.29 is 9.47 Å². The van der Waals surface area contributed by atoms with Crippen molar-refractivity contribution >= 4 is 21.9 Å². The number of rotatable bonds is 4. The van der Waals surface area contributed by atoms with Crippen molar-refractivity contribution in [1.82, 2.24) is 20.0 Å². The summed E-state index contributed by atoms with van der Waals surface area (Å²) in [6.07, 6.45) is 0. The lowest BCUT2D eigenvalue weighted by Crippen LogP contribution is -2.03. The Morgan fingerprint density at radius 1 is 0.960 bits per heavy atom. The van der Waals surface area contributed by atoms with Crippen LogP contribution in [0.4, 0.5) is 0 Å². The minimum atomic E-state index is 0.637. The Morgan fingerprint density at radius 3 is 2.40 bits per heavy atom. The first-order valence-corrected chi connectivity index (χ1v) is 8.00. The van der Waals surface area contributed by atoms with Crippen LogP contribution < -0.4 is 9.47 Å². The second-order valence-electron chi connectivity index (χ2n) is 5.85. The Labute approximate surface area is 145 Å². The molecule has 0 N–H and O–H groups in total. The van der Waals surface area contributed by atoms with Gasteiger partial charge in [-0.25, -0.2) is 4.68 Å². The number of methoxy groups -OCH3 is 2. The summed E-state index contributed by atoms with van der Waals surface area (Å²) in [4.78, 5) is 0. The highest BCUT2D eigenvalue weighted by atomic mass is 16.5. The van der Waals surface area contributed by atoms with Gasteiger partial charge in [-0.1, -0.05) is 30.3 Å². The third-order valence-corrected chi connectivity index (χ3v) is 4.30. The summed E-state index contributed by atoms with van der Waals surface area (Å²) >= 11 is 0. The number of ether oxygens (including phenoxy) is 2. The molecule has 4 rings (SSSR count). The van der Waals surface area contributed by atoms with Gasteiger partial charge >= 0.3 is 0 Å². The predicted octanol–water partition coefficient (Wildman–Crippen LogP) is 3.35. The summed E-state index contributed by atoms with van der Waals surface area (Å²) in [6, 6.07) is 14.0. The topological polar surface area (TPSA) is 62.1 Å². The second kappa shape index (κ2) is 6.05. The molecule has 0 amide bonds. The highest BCUT2D eigenvalue weighted by molar-refractivity contribution is 6.05. The van der Waals surface area contributed by atoms with Crippen LogP contribution in [0, 0.1) is 6.92 Å². The quantitative estimate of drug-likeness (QED) is 0.573. The van der Waals surface area contributed by atoms with Gasteiger partial charge in [-0.2, -0.15) is 5.10 Å². The number of benzene rings is 2. The van der Waals surface area contributed by atoms with E-state index in [4.69, 9.17) is 9.47 Å². The van der Waals surface area contributed by atoms with Crippen molar-refractivity contribution in [3.63, 3.8) is 0 Å². The number of nitrogens with zero attached hydrogens (tertiary/aromatic N) is 4. The molecule has 6 heteroatoms. The standard InChI is InChI=1S/C19H18N4O2/c1-12-18-14-9-16(24-2)17(25-3)10-15(14)20-21-19(18)23(22-12)11-13-7-5-4-6-8-13/h4-10H,11H2,1-3H3. The average Bonchev–Trinajstić information content (AvgIpc) is 2.97. The van der Waals surface area contributed by atoms with Crippen LogP contribution >= 0.6 is 0 Å². The van der Waals surface area contributed by atoms with Crippen molar-refractivity contribution in [1.29, 1.82) is 0 Å². The zero-order valence-corrected chi connectivity index (χ0v) is 14.4. The van der Waals surface area contributed by atoms with Crippen LogP contribution in [-0.4, -0.2) is 34.2 Å². The van der Waals surface area contributed by atoms with Gasteiger partial charge in [0, 0.05) is 11.5 Å². The summed E-state index contributed by atoms with van der Waals surface area (Å²) in [5.74, 6) is 1.30. The third-order valence-electron chi connectivity index (χ3n) is 4.30. The summed E-state index contributed by atoms with van der Waals surface area (Å²) in [5, 5.41) is 15.4. The van der Waals surface area contributed by atoms with E-state index in [-0.39, 0.29) is 0 Å². The molecule has 0 spiro atoms. The maximum atomic E-state index is 5.44. The summed E-state index contributed by atoms with van der Waals surface area (Å²) in [6.45, 7) is 2.64. The van der Waals surface area contributed by atoms with Gasteiger partial charge in [-0.05, 0) is 18.6 Å². The van der Waals surface area contributed by atoms with Gasteiger partial charge in [0.2, 0.25) is 0 Å². The van der Waals surface area contributed by atoms with Crippen molar-refractivity contribution in [3.8, 4) is 11.5 Å². The van der Waals surface area contributed by atoms with Gasteiger partial charge in [0.25, 0.3) is 0 Å². The molecule has 0 aliphatic carbocycles. The van der Waals surface area contributed by atoms with E-state index in [0.717, 1.165) is 27.6 Å². The first-order valence-electron chi connectivity index (χ1n) is 8.00. The van der Waals surface area contributed by atoms with E-state index >= 15 is 0 Å². The Morgan fingerprint density at radius 2 is 1.68 bits per heavy atom. The molecule has 0 unspecified atom stereocenters. The average molecular weight is 334 g/mol. The van der Waals surface area contributed by atoms with Crippen LogP contribution in [0.3, 0.4) is 0 Å². The Bertz CT molecular complexity index is 1060. The monoisotopic (exact) mass is 334 g/mol. The van der Waals surface area contributed by atoms with E-state index in [1.54, 1.807) is 14.2 Å². The van der Waals surface area contributed by atoms with E-state index in [2.05, 4.69) is 27.4 Å². The molecule has 0 aliphatic rings. The number of hydrogen-bond donors (Lipinski definition) is 0. The molecule has 25 heavy (non-hydrogen) atoms. The van der Waals surface area contributed by atoms with Gasteiger partial charge in [0.1, 0.15) is 0 Å². The number of fused-ring (bicyclic) bond motifs is 3. The van der Waals surface area contributed by atoms with E-state index in [9.17, 15) is 0 Å². The normalized spacial score (nSPS) is 11.2. The Balaban J connectivity index is 1.93. The van der Waals surface area contributed by atoms with Crippen molar-refractivity contribution in [3.05, 3.63) is 53.7 Å². The SMILES string of the molecule is COc1cc2nnc3c(c(C)nn3Cc3ccccc3)c2cc1OC. The summed E-state index contributed by atoms with van der Waals surface area (Å²) in [5.41, 5.74) is 3.60. The second-order valence-corrected chi connectivity index (χ2v) is 5.85. The molecule has 0 saturated heterocycles. The molecule has 0 radical (unpaired) electrons. The predicted molar refractivity (Wildman–Crippen MR) is 96.2 cm³/mol. The number of hydrogen-bond acceptors (Lipinski definition) is 5. The fourth-order valence-corrected chi connectivity index (χ4v) is 3.11. The zero-order chi connectivity index (χ0) is 17.4. The highest BCUT2D eigenvalue weighted by Gasteiger charge is 2.16. The molecule has 0 saturated carbocycles. The largest absolute Gasteiger partial charge is 0.493 e. The minimum Gasteiger partial charge on any atom is -0.493 e. The van der Waals surface area contributed by atoms with Gasteiger partial charge in [-0.3, -0.25) is 0 Å². The van der Waals surface area contributed by atoms with Crippen LogP contribution in [0.15, 0.2) is 42.5 Å². The van der Waals surface area contributed by atoms with Crippen molar-refractivity contribution in [2.45, 2.75) is 13.5 Å². The van der Waals surface area contributed by atoms with E-state index in [1.165, 1.54) is 5.56 Å². The van der Waals surface area contributed by atoms with Crippen molar-refractivity contribution in [2.75, 3.05) is 14.2 Å². The Kier molecular flexibility index (Phi) is 3.72. The lowest BCUT2D eigenvalue weighted by Gasteiger charge is -2.09. The molecule has 2 aromatic heterocycles. The smallest absolute Gasteiger partial charge is 0.181 e. The number of aromatic nitrogens is 4. The lowest BCUT2D eigenvalue weighted by atomic mass is 10.1. The first kappa shape index (κ1) is 15.4. The molecule has 6 nitrogen and oxygen atoms in total. The third kappa shape index (κ3) is 2.55. The van der Waals surface area contributed by atoms with Crippen LogP contribution in [0.2, 0.25) is 0 Å². The lowest BCUT2D eigenvalue weighted by molar-refractivity contribution is 0.356. The van der Waals surface area contributed by atoms with Gasteiger partial charge < -0.3 is 9.47 Å². The van der Waals surface area contributed by atoms with Crippen LogP contribution in [0.25, 0.3) is 21.9 Å². The van der Waals surface area contributed by atoms with Crippen LogP contribution in [0.1, 0.15) is 11.3 Å². The van der Waals surface area contributed by atoms with Crippen LogP contribution in [-0.2, 0) is 6.54 Å². The number of aryl methyl sites for hydroxylation is 1. The summed E-state index contributed by atoms with van der Waals surface area (Å²) < 4.78 is 12.7. The minimum absolute atomic E-state index is 0.637. The van der Waals surface area contributed by atoms with Gasteiger partial charge in [0.05, 0.1) is 37.4 Å². The van der Waals surface area contributed by atoms with E-state index < -0.39 is 0 Å². The van der Waals surface area contributed by atoms with E-state index in [1.807, 2.05) is 41.9 Å². The van der Waals surface area contributed by atoms with Crippen LogP contribution in [0.5, 0.6) is 11.5 Å². The van der Waals surface area contributed by atoms with Gasteiger partial charge in [0.15, 0.2) is 17.1 Å². The maximum absolute atomic E-state index is 5.44. The highest BCUT2D eigenvalue weighted by Crippen LogP contribution is 2.35. The van der Waals surface area contributed by atoms with Crippen molar-refractivity contribution in [2.24, 2.45) is 0 Å². The van der Waals surface area contributed by atoms with E-state index in [0.29, 0.717) is 18.0 Å². The maximum Gasteiger partial charge on any atom is 0.181 e. The molecule has 4 aromatic rings. The fraction of sp³-hybridized carbons (Fsp3) is 0.211. The zero-order valence-electron chi connectivity index (χ0n) is 14.4. The molecular formula is C19H18N4O2. The molecule has 2 heterocycles. The molecule has 126 valence electrons. The molecule has 0 fully saturated rings. The van der Waals surface area contributed by atoms with Gasteiger partial charge in [-0.15, -0.1) is 10.2 Å². The fourth-order valence-electron chi connectivity index (χ4n) is 3.11.